The molecule has 1 fully saturated rings. The Balaban J connectivity index is 1.81. The van der Waals surface area contributed by atoms with Crippen molar-refractivity contribution in [2.24, 2.45) is 0 Å². The van der Waals surface area contributed by atoms with Crippen LogP contribution in [0.3, 0.4) is 0 Å². The number of benzene rings is 1. The number of piperidine rings is 1. The first kappa shape index (κ1) is 16.2. The third-order valence-corrected chi connectivity index (χ3v) is 5.36. The van der Waals surface area contributed by atoms with Crippen LogP contribution in [-0.4, -0.2) is 26.9 Å². The first-order valence-electron chi connectivity index (χ1n) is 9.19. The smallest absolute Gasteiger partial charge is 0.137 e. The number of aromatic nitrogens is 2. The van der Waals surface area contributed by atoms with Crippen LogP contribution < -0.4 is 5.73 Å². The van der Waals surface area contributed by atoms with Crippen LogP contribution in [0, 0.1) is 6.92 Å². The highest BCUT2D eigenvalue weighted by Gasteiger charge is 2.22. The summed E-state index contributed by atoms with van der Waals surface area (Å²) < 4.78 is 2.25. The summed E-state index contributed by atoms with van der Waals surface area (Å²) in [5.74, 6) is 0. The summed E-state index contributed by atoms with van der Waals surface area (Å²) >= 11 is 0. The number of anilines is 1. The minimum atomic E-state index is 0.629. The van der Waals surface area contributed by atoms with Gasteiger partial charge in [-0.1, -0.05) is 18.6 Å². The maximum Gasteiger partial charge on any atom is 0.137 e. The second kappa shape index (κ2) is 6.52. The number of nitrogen functional groups attached to an aromatic ring is 1. The minimum Gasteiger partial charge on any atom is -0.399 e. The molecule has 0 saturated carbocycles. The number of hydrogen-bond donors (Lipinski definition) is 1. The molecule has 0 bridgehead atoms. The Morgan fingerprint density at radius 3 is 2.72 bits per heavy atom. The average Bonchev–Trinajstić information content (AvgIpc) is 2.95. The average molecular weight is 334 g/mol. The van der Waals surface area contributed by atoms with Gasteiger partial charge in [0, 0.05) is 30.0 Å². The molecule has 0 amide bonds. The van der Waals surface area contributed by atoms with E-state index in [-0.39, 0.29) is 0 Å². The largest absolute Gasteiger partial charge is 0.399 e. The van der Waals surface area contributed by atoms with Crippen LogP contribution in [0.1, 0.15) is 37.4 Å². The monoisotopic (exact) mass is 334 g/mol. The fourth-order valence-electron chi connectivity index (χ4n) is 3.81. The van der Waals surface area contributed by atoms with Crippen LogP contribution in [0.25, 0.3) is 16.9 Å². The summed E-state index contributed by atoms with van der Waals surface area (Å²) in [6.45, 7) is 6.56. The van der Waals surface area contributed by atoms with Gasteiger partial charge in [-0.2, -0.15) is 0 Å². The third-order valence-electron chi connectivity index (χ3n) is 5.36. The number of imidazole rings is 1. The van der Waals surface area contributed by atoms with Crippen molar-refractivity contribution < 1.29 is 0 Å². The van der Waals surface area contributed by atoms with Crippen molar-refractivity contribution in [2.45, 2.75) is 45.7 Å². The molecular formula is C21H26N4. The van der Waals surface area contributed by atoms with Gasteiger partial charge in [0.05, 0.1) is 11.4 Å². The number of nitrogens with zero attached hydrogens (tertiary/aromatic N) is 3. The Hall–Kier alpha value is -2.33. The minimum absolute atomic E-state index is 0.629. The quantitative estimate of drug-likeness (QED) is 0.728. The van der Waals surface area contributed by atoms with E-state index >= 15 is 0 Å². The molecule has 3 heterocycles. The van der Waals surface area contributed by atoms with E-state index in [1.54, 1.807) is 0 Å². The van der Waals surface area contributed by atoms with Crippen molar-refractivity contribution in [3.05, 3.63) is 53.9 Å². The first-order valence-corrected chi connectivity index (χ1v) is 9.19. The topological polar surface area (TPSA) is 46.6 Å². The lowest BCUT2D eigenvalue weighted by Gasteiger charge is -2.33. The van der Waals surface area contributed by atoms with E-state index in [0.717, 1.165) is 29.1 Å². The summed E-state index contributed by atoms with van der Waals surface area (Å²) in [5.41, 5.74) is 12.4. The Morgan fingerprint density at radius 2 is 1.96 bits per heavy atom. The van der Waals surface area contributed by atoms with Gasteiger partial charge < -0.3 is 10.1 Å². The van der Waals surface area contributed by atoms with Crippen LogP contribution in [0.4, 0.5) is 5.69 Å². The van der Waals surface area contributed by atoms with Gasteiger partial charge in [-0.15, -0.1) is 0 Å². The highest BCUT2D eigenvalue weighted by Crippen LogP contribution is 2.28. The van der Waals surface area contributed by atoms with Gasteiger partial charge >= 0.3 is 0 Å². The number of pyridine rings is 1. The fraction of sp³-hybridized carbons (Fsp3) is 0.381. The standard InChI is InChI=1S/C21H26N4/c1-15-10-12-25-19(14-24-11-4-3-5-16(24)2)21(23-20(25)13-15)17-6-8-18(22)9-7-17/h6-10,12-13,16H,3-5,11,14,22H2,1-2H3. The lowest BCUT2D eigenvalue weighted by atomic mass is 10.0. The molecule has 25 heavy (non-hydrogen) atoms. The Kier molecular flexibility index (Phi) is 4.22. The van der Waals surface area contributed by atoms with Gasteiger partial charge in [-0.3, -0.25) is 4.90 Å². The summed E-state index contributed by atoms with van der Waals surface area (Å²) in [5, 5.41) is 0. The Labute approximate surface area is 149 Å². The third kappa shape index (κ3) is 3.14. The zero-order chi connectivity index (χ0) is 17.4. The Bertz CT molecular complexity index is 879. The maximum atomic E-state index is 5.87. The molecule has 2 aromatic heterocycles. The summed E-state index contributed by atoms with van der Waals surface area (Å²) in [6, 6.07) is 13.0. The molecule has 1 saturated heterocycles. The van der Waals surface area contributed by atoms with Crippen LogP contribution in [0.5, 0.6) is 0 Å². The second-order valence-electron chi connectivity index (χ2n) is 7.28. The molecule has 4 rings (SSSR count). The Morgan fingerprint density at radius 1 is 1.16 bits per heavy atom. The highest BCUT2D eigenvalue weighted by molar-refractivity contribution is 5.68. The van der Waals surface area contributed by atoms with Crippen molar-refractivity contribution in [3.8, 4) is 11.3 Å². The number of fused-ring (bicyclic) bond motifs is 1. The van der Waals surface area contributed by atoms with E-state index in [1.807, 2.05) is 12.1 Å². The highest BCUT2D eigenvalue weighted by atomic mass is 15.2. The number of nitrogens with two attached hydrogens (primary N) is 1. The number of hydrogen-bond acceptors (Lipinski definition) is 3. The van der Waals surface area contributed by atoms with Crippen molar-refractivity contribution >= 4 is 11.3 Å². The number of rotatable bonds is 3. The zero-order valence-electron chi connectivity index (χ0n) is 15.1. The lowest BCUT2D eigenvalue weighted by molar-refractivity contribution is 0.151. The predicted molar refractivity (Wildman–Crippen MR) is 104 cm³/mol. The normalized spacial score (nSPS) is 18.7. The van der Waals surface area contributed by atoms with Crippen LogP contribution >= 0.6 is 0 Å². The van der Waals surface area contributed by atoms with Gasteiger partial charge in [-0.05, 0) is 63.1 Å². The van der Waals surface area contributed by atoms with E-state index in [0.29, 0.717) is 6.04 Å². The van der Waals surface area contributed by atoms with Crippen LogP contribution in [0.2, 0.25) is 0 Å². The summed E-state index contributed by atoms with van der Waals surface area (Å²) in [4.78, 5) is 7.55. The molecule has 1 aromatic carbocycles. The summed E-state index contributed by atoms with van der Waals surface area (Å²) in [6.07, 6.45) is 6.07. The molecule has 0 aliphatic carbocycles. The van der Waals surface area contributed by atoms with Gasteiger partial charge in [0.15, 0.2) is 0 Å². The zero-order valence-corrected chi connectivity index (χ0v) is 15.1. The second-order valence-corrected chi connectivity index (χ2v) is 7.28. The maximum absolute atomic E-state index is 5.87. The molecule has 4 nitrogen and oxygen atoms in total. The number of likely N-dealkylation sites (tertiary alicyclic amines) is 1. The van der Waals surface area contributed by atoms with E-state index in [4.69, 9.17) is 10.7 Å². The number of aryl methyl sites for hydroxylation is 1. The fourth-order valence-corrected chi connectivity index (χ4v) is 3.81. The van der Waals surface area contributed by atoms with E-state index in [1.165, 1.54) is 37.1 Å². The molecule has 4 heteroatoms. The van der Waals surface area contributed by atoms with Crippen molar-refractivity contribution in [3.63, 3.8) is 0 Å². The first-order chi connectivity index (χ1) is 12.1. The molecule has 0 spiro atoms. The van der Waals surface area contributed by atoms with Crippen LogP contribution in [-0.2, 0) is 6.54 Å². The van der Waals surface area contributed by atoms with E-state index < -0.39 is 0 Å². The molecular weight excluding hydrogens is 308 g/mol. The molecule has 1 aliphatic heterocycles. The SMILES string of the molecule is Cc1ccn2c(CN3CCCCC3C)c(-c3ccc(N)cc3)nc2c1. The van der Waals surface area contributed by atoms with Crippen molar-refractivity contribution in [1.29, 1.82) is 0 Å². The molecule has 2 N–H and O–H groups in total. The van der Waals surface area contributed by atoms with Gasteiger partial charge in [-0.25, -0.2) is 4.98 Å². The van der Waals surface area contributed by atoms with E-state index in [2.05, 4.69) is 53.6 Å². The van der Waals surface area contributed by atoms with Gasteiger partial charge in [0.25, 0.3) is 0 Å². The van der Waals surface area contributed by atoms with Crippen molar-refractivity contribution in [2.75, 3.05) is 12.3 Å². The molecule has 1 atom stereocenters. The molecule has 130 valence electrons. The van der Waals surface area contributed by atoms with Crippen molar-refractivity contribution in [1.82, 2.24) is 14.3 Å². The lowest BCUT2D eigenvalue weighted by Crippen LogP contribution is -2.37. The molecule has 1 aliphatic rings. The molecule has 1 unspecified atom stereocenters. The van der Waals surface area contributed by atoms with Gasteiger partial charge in [0.2, 0.25) is 0 Å². The molecule has 3 aromatic rings. The van der Waals surface area contributed by atoms with E-state index in [9.17, 15) is 0 Å². The van der Waals surface area contributed by atoms with Crippen LogP contribution in [0.15, 0.2) is 42.6 Å². The molecule has 0 radical (unpaired) electrons. The predicted octanol–water partition coefficient (Wildman–Crippen LogP) is 4.27. The van der Waals surface area contributed by atoms with Gasteiger partial charge in [0.1, 0.15) is 5.65 Å². The summed E-state index contributed by atoms with van der Waals surface area (Å²) in [7, 11) is 0.